The van der Waals surface area contributed by atoms with Crippen molar-refractivity contribution in [3.05, 3.63) is 61.8 Å². The topological polar surface area (TPSA) is 89.3 Å². The van der Waals surface area contributed by atoms with Gasteiger partial charge in [0.2, 0.25) is 5.91 Å². The van der Waals surface area contributed by atoms with Gasteiger partial charge in [0, 0.05) is 23.6 Å². The van der Waals surface area contributed by atoms with Gasteiger partial charge in [-0.15, -0.1) is 11.3 Å². The maximum atomic E-state index is 11.8. The molecule has 0 spiro atoms. The molecule has 0 saturated carbocycles. The highest BCUT2D eigenvalue weighted by Crippen LogP contribution is 2.17. The van der Waals surface area contributed by atoms with Gasteiger partial charge in [0.15, 0.2) is 5.78 Å². The van der Waals surface area contributed by atoms with Gasteiger partial charge in [-0.05, 0) is 31.0 Å². The number of rotatable bonds is 7. The summed E-state index contributed by atoms with van der Waals surface area (Å²) in [6.45, 7) is 2.02. The SMILES string of the molecule is CC(=O)c1ccc(CCNC(=O)Cc2ccc([N+](=O)[O-])cc2)s1. The molecule has 2 rings (SSSR count). The van der Waals surface area contributed by atoms with E-state index >= 15 is 0 Å². The molecule has 0 fully saturated rings. The summed E-state index contributed by atoms with van der Waals surface area (Å²) in [6, 6.07) is 9.62. The molecular formula is C16H16N2O4S. The third-order valence-corrected chi connectivity index (χ3v) is 4.46. The lowest BCUT2D eigenvalue weighted by atomic mass is 10.1. The third-order valence-electron chi connectivity index (χ3n) is 3.21. The quantitative estimate of drug-likeness (QED) is 0.479. The van der Waals surface area contributed by atoms with Crippen LogP contribution >= 0.6 is 11.3 Å². The zero-order valence-corrected chi connectivity index (χ0v) is 13.4. The molecule has 1 heterocycles. The molecule has 7 heteroatoms. The van der Waals surface area contributed by atoms with Gasteiger partial charge < -0.3 is 5.32 Å². The van der Waals surface area contributed by atoms with Crippen molar-refractivity contribution < 1.29 is 14.5 Å². The van der Waals surface area contributed by atoms with Crippen LogP contribution in [0.5, 0.6) is 0 Å². The smallest absolute Gasteiger partial charge is 0.269 e. The molecule has 23 heavy (non-hydrogen) atoms. The van der Waals surface area contributed by atoms with Crippen molar-refractivity contribution in [3.8, 4) is 0 Å². The van der Waals surface area contributed by atoms with Gasteiger partial charge >= 0.3 is 0 Å². The van der Waals surface area contributed by atoms with Crippen molar-refractivity contribution in [2.24, 2.45) is 0 Å². The Labute approximate surface area is 137 Å². The number of nitrogens with zero attached hydrogens (tertiary/aromatic N) is 1. The predicted octanol–water partition coefficient (Wildman–Crippen LogP) is 2.76. The number of benzene rings is 1. The Bertz CT molecular complexity index is 722. The molecule has 1 amide bonds. The summed E-state index contributed by atoms with van der Waals surface area (Å²) in [6.07, 6.45) is 0.852. The van der Waals surface area contributed by atoms with Crippen LogP contribution < -0.4 is 5.32 Å². The van der Waals surface area contributed by atoms with Crippen molar-refractivity contribution in [2.75, 3.05) is 6.54 Å². The number of Topliss-reactive ketones (excluding diaryl/α,β-unsaturated/α-hetero) is 1. The molecule has 0 aliphatic heterocycles. The van der Waals surface area contributed by atoms with Crippen LogP contribution in [0.3, 0.4) is 0 Å². The van der Waals surface area contributed by atoms with Crippen LogP contribution in [-0.4, -0.2) is 23.2 Å². The maximum absolute atomic E-state index is 11.8. The highest BCUT2D eigenvalue weighted by Gasteiger charge is 2.08. The number of amides is 1. The van der Waals surface area contributed by atoms with E-state index in [2.05, 4.69) is 5.32 Å². The summed E-state index contributed by atoms with van der Waals surface area (Å²) in [5, 5.41) is 13.4. The summed E-state index contributed by atoms with van der Waals surface area (Å²) in [4.78, 5) is 34.9. The number of carbonyl (C=O) groups is 2. The van der Waals surface area contributed by atoms with Gasteiger partial charge in [-0.1, -0.05) is 12.1 Å². The molecule has 0 saturated heterocycles. The van der Waals surface area contributed by atoms with Gasteiger partial charge in [-0.25, -0.2) is 0 Å². The Hall–Kier alpha value is -2.54. The van der Waals surface area contributed by atoms with E-state index in [1.54, 1.807) is 18.2 Å². The second-order valence-electron chi connectivity index (χ2n) is 5.02. The molecule has 1 aromatic heterocycles. The molecule has 120 valence electrons. The number of nitrogens with one attached hydrogen (secondary N) is 1. The molecule has 0 atom stereocenters. The number of carbonyl (C=O) groups excluding carboxylic acids is 2. The Morgan fingerprint density at radius 1 is 1.17 bits per heavy atom. The fourth-order valence-electron chi connectivity index (χ4n) is 2.01. The highest BCUT2D eigenvalue weighted by molar-refractivity contribution is 7.14. The number of hydrogen-bond donors (Lipinski definition) is 1. The number of ketones is 1. The lowest BCUT2D eigenvalue weighted by Gasteiger charge is -2.04. The first kappa shape index (κ1) is 16.8. The summed E-state index contributed by atoms with van der Waals surface area (Å²) in [5.74, 6) is -0.0920. The van der Waals surface area contributed by atoms with E-state index in [0.717, 1.165) is 15.3 Å². The van der Waals surface area contributed by atoms with Crippen molar-refractivity contribution in [1.29, 1.82) is 0 Å². The van der Waals surface area contributed by atoms with Crippen LogP contribution in [0, 0.1) is 10.1 Å². The lowest BCUT2D eigenvalue weighted by molar-refractivity contribution is -0.384. The minimum atomic E-state index is -0.472. The van der Waals surface area contributed by atoms with Crippen LogP contribution in [0.1, 0.15) is 27.0 Å². The first-order valence-corrected chi connectivity index (χ1v) is 7.87. The summed E-state index contributed by atoms with van der Waals surface area (Å²) in [5.41, 5.74) is 0.733. The van der Waals surface area contributed by atoms with Gasteiger partial charge in [0.05, 0.1) is 16.2 Å². The van der Waals surface area contributed by atoms with E-state index in [0.29, 0.717) is 13.0 Å². The highest BCUT2D eigenvalue weighted by atomic mass is 32.1. The average molecular weight is 332 g/mol. The Morgan fingerprint density at radius 3 is 2.43 bits per heavy atom. The summed E-state index contributed by atoms with van der Waals surface area (Å²) < 4.78 is 0. The third kappa shape index (κ3) is 5.00. The van der Waals surface area contributed by atoms with Crippen LogP contribution in [0.2, 0.25) is 0 Å². The van der Waals surface area contributed by atoms with Crippen LogP contribution in [0.15, 0.2) is 36.4 Å². The first-order valence-electron chi connectivity index (χ1n) is 7.05. The van der Waals surface area contributed by atoms with Crippen LogP contribution in [-0.2, 0) is 17.6 Å². The van der Waals surface area contributed by atoms with Crippen molar-refractivity contribution >= 4 is 28.7 Å². The molecule has 6 nitrogen and oxygen atoms in total. The Balaban J connectivity index is 1.78. The number of thiophene rings is 1. The van der Waals surface area contributed by atoms with Crippen LogP contribution in [0.25, 0.3) is 0 Å². The molecule has 0 aliphatic carbocycles. The maximum Gasteiger partial charge on any atom is 0.269 e. The van der Waals surface area contributed by atoms with E-state index < -0.39 is 4.92 Å². The second-order valence-corrected chi connectivity index (χ2v) is 6.19. The van der Waals surface area contributed by atoms with Gasteiger partial charge in [-0.3, -0.25) is 19.7 Å². The van der Waals surface area contributed by atoms with Crippen LogP contribution in [0.4, 0.5) is 5.69 Å². The number of non-ortho nitro benzene ring substituents is 1. The fourth-order valence-corrected chi connectivity index (χ4v) is 2.91. The van der Waals surface area contributed by atoms with E-state index in [4.69, 9.17) is 0 Å². The molecule has 1 N–H and O–H groups in total. The molecule has 0 radical (unpaired) electrons. The standard InChI is InChI=1S/C16H16N2O4S/c1-11(19)15-7-6-14(23-15)8-9-17-16(20)10-12-2-4-13(5-3-12)18(21)22/h2-7H,8-10H2,1H3,(H,17,20). The normalized spacial score (nSPS) is 10.3. The lowest BCUT2D eigenvalue weighted by Crippen LogP contribution is -2.27. The zero-order valence-electron chi connectivity index (χ0n) is 12.6. The average Bonchev–Trinajstić information content (AvgIpc) is 2.97. The fraction of sp³-hybridized carbons (Fsp3) is 0.250. The van der Waals surface area contributed by atoms with Gasteiger partial charge in [0.25, 0.3) is 5.69 Å². The molecule has 0 aliphatic rings. The van der Waals surface area contributed by atoms with Gasteiger partial charge in [-0.2, -0.15) is 0 Å². The zero-order chi connectivity index (χ0) is 16.8. The first-order chi connectivity index (χ1) is 11.0. The summed E-state index contributed by atoms with van der Waals surface area (Å²) in [7, 11) is 0. The predicted molar refractivity (Wildman–Crippen MR) is 87.8 cm³/mol. The minimum Gasteiger partial charge on any atom is -0.355 e. The van der Waals surface area contributed by atoms with Crippen molar-refractivity contribution in [2.45, 2.75) is 19.8 Å². The van der Waals surface area contributed by atoms with E-state index in [1.807, 2.05) is 6.07 Å². The largest absolute Gasteiger partial charge is 0.355 e. The molecule has 2 aromatic rings. The molecule has 0 bridgehead atoms. The van der Waals surface area contributed by atoms with Gasteiger partial charge in [0.1, 0.15) is 0 Å². The van der Waals surface area contributed by atoms with Crippen molar-refractivity contribution in [1.82, 2.24) is 5.32 Å². The number of nitro groups is 1. The molecule has 1 aromatic carbocycles. The number of nitro benzene ring substituents is 1. The van der Waals surface area contributed by atoms with E-state index in [1.165, 1.54) is 30.4 Å². The molecule has 0 unspecified atom stereocenters. The van der Waals surface area contributed by atoms with E-state index in [9.17, 15) is 19.7 Å². The Kier molecular flexibility index (Phi) is 5.59. The summed E-state index contributed by atoms with van der Waals surface area (Å²) >= 11 is 1.44. The second kappa shape index (κ2) is 7.64. The molecular weight excluding hydrogens is 316 g/mol. The monoisotopic (exact) mass is 332 g/mol. The van der Waals surface area contributed by atoms with E-state index in [-0.39, 0.29) is 23.8 Å². The number of hydrogen-bond acceptors (Lipinski definition) is 5. The van der Waals surface area contributed by atoms with Crippen molar-refractivity contribution in [3.63, 3.8) is 0 Å². The minimum absolute atomic E-state index is 0.00753. The Morgan fingerprint density at radius 2 is 1.87 bits per heavy atom.